The third kappa shape index (κ3) is 6.37. The summed E-state index contributed by atoms with van der Waals surface area (Å²) >= 11 is 1.77. The van der Waals surface area contributed by atoms with E-state index >= 15 is 0 Å². The lowest BCUT2D eigenvalue weighted by atomic mass is 10.3. The molecule has 21 heavy (non-hydrogen) atoms. The molecule has 0 saturated carbocycles. The highest BCUT2D eigenvalue weighted by Crippen LogP contribution is 2.48. The van der Waals surface area contributed by atoms with E-state index in [1.54, 1.807) is 22.1 Å². The number of aromatic nitrogens is 1. The summed E-state index contributed by atoms with van der Waals surface area (Å²) in [5.41, 5.74) is 1.11. The average molecular weight is 394 g/mol. The van der Waals surface area contributed by atoms with Crippen molar-refractivity contribution in [3.8, 4) is 0 Å². The molecule has 1 heterocycles. The van der Waals surface area contributed by atoms with E-state index < -0.39 is 8.32 Å². The summed E-state index contributed by atoms with van der Waals surface area (Å²) in [7, 11) is 7.85. The molecule has 0 amide bonds. The molecule has 0 aliphatic heterocycles. The SMILES string of the molecule is CO[Si](C)(C)CCCSSSSc1nc2ccccc2s1. The third-order valence-corrected chi connectivity index (χ3v) is 13.3. The number of nitrogens with zero attached hydrogens (tertiary/aromatic N) is 1. The molecular weight excluding hydrogens is 375 g/mol. The van der Waals surface area contributed by atoms with Crippen LogP contribution in [0.25, 0.3) is 10.2 Å². The molecule has 0 bridgehead atoms. The topological polar surface area (TPSA) is 22.1 Å². The van der Waals surface area contributed by atoms with E-state index in [0.29, 0.717) is 0 Å². The Balaban J connectivity index is 1.60. The third-order valence-electron chi connectivity index (χ3n) is 3.01. The van der Waals surface area contributed by atoms with Gasteiger partial charge in [0.2, 0.25) is 0 Å². The van der Waals surface area contributed by atoms with Gasteiger partial charge in [0.15, 0.2) is 12.7 Å². The molecule has 0 aliphatic rings. The van der Waals surface area contributed by atoms with Gasteiger partial charge in [-0.05, 0) is 68.1 Å². The number of benzene rings is 1. The Bertz CT molecular complexity index is 529. The van der Waals surface area contributed by atoms with Crippen LogP contribution in [0.4, 0.5) is 0 Å². The van der Waals surface area contributed by atoms with Gasteiger partial charge in [0.25, 0.3) is 0 Å². The first-order valence-electron chi connectivity index (χ1n) is 6.64. The van der Waals surface area contributed by atoms with E-state index in [1.807, 2.05) is 43.6 Å². The van der Waals surface area contributed by atoms with Crippen molar-refractivity contribution in [1.82, 2.24) is 4.98 Å². The zero-order valence-corrected chi connectivity index (χ0v) is 17.4. The van der Waals surface area contributed by atoms with Gasteiger partial charge in [-0.3, -0.25) is 0 Å². The molecule has 8 heteroatoms. The summed E-state index contributed by atoms with van der Waals surface area (Å²) in [5, 5.41) is 0. The van der Waals surface area contributed by atoms with Crippen LogP contribution < -0.4 is 0 Å². The molecule has 0 unspecified atom stereocenters. The highest BCUT2D eigenvalue weighted by molar-refractivity contribution is 9.26. The lowest BCUT2D eigenvalue weighted by Crippen LogP contribution is -2.28. The van der Waals surface area contributed by atoms with Crippen LogP contribution in [0.2, 0.25) is 19.1 Å². The maximum absolute atomic E-state index is 5.56. The zero-order chi connectivity index (χ0) is 15.1. The smallest absolute Gasteiger partial charge is 0.186 e. The molecule has 2 aromatic rings. The molecular formula is C13H19NOS5Si. The van der Waals surface area contributed by atoms with E-state index in [-0.39, 0.29) is 0 Å². The molecule has 2 rings (SSSR count). The first kappa shape index (κ1) is 18.0. The molecule has 1 aromatic heterocycles. The fourth-order valence-corrected chi connectivity index (χ4v) is 10.5. The van der Waals surface area contributed by atoms with Crippen molar-refractivity contribution in [3.05, 3.63) is 24.3 Å². The fourth-order valence-electron chi connectivity index (χ4n) is 1.64. The standard InChI is InChI=1S/C13H19NOS5Si/c1-15-21(2,3)10-6-9-16-19-20-18-13-14-11-7-4-5-8-12(11)17-13/h4-5,7-8H,6,9-10H2,1-3H3. The van der Waals surface area contributed by atoms with Gasteiger partial charge in [-0.1, -0.05) is 22.9 Å². The van der Waals surface area contributed by atoms with Crippen LogP contribution in [-0.4, -0.2) is 26.2 Å². The highest BCUT2D eigenvalue weighted by atomic mass is 33.7. The Labute approximate surface area is 146 Å². The van der Waals surface area contributed by atoms with Crippen LogP contribution in [-0.2, 0) is 4.43 Å². The normalized spacial score (nSPS) is 12.1. The number of hydrogen-bond acceptors (Lipinski definition) is 7. The maximum atomic E-state index is 5.56. The quantitative estimate of drug-likeness (QED) is 0.271. The highest BCUT2D eigenvalue weighted by Gasteiger charge is 2.19. The van der Waals surface area contributed by atoms with E-state index in [2.05, 4.69) is 36.3 Å². The molecule has 2 nitrogen and oxygen atoms in total. The van der Waals surface area contributed by atoms with Gasteiger partial charge < -0.3 is 4.43 Å². The minimum atomic E-state index is -1.36. The summed E-state index contributed by atoms with van der Waals surface area (Å²) in [6.07, 6.45) is 1.25. The predicted molar refractivity (Wildman–Crippen MR) is 107 cm³/mol. The van der Waals surface area contributed by atoms with E-state index in [4.69, 9.17) is 4.43 Å². The molecule has 0 radical (unpaired) electrons. The Morgan fingerprint density at radius 3 is 2.81 bits per heavy atom. The van der Waals surface area contributed by atoms with Gasteiger partial charge in [0.05, 0.1) is 10.2 Å². The van der Waals surface area contributed by atoms with Gasteiger partial charge in [0, 0.05) is 12.9 Å². The summed E-state index contributed by atoms with van der Waals surface area (Å²) < 4.78 is 7.97. The Kier molecular flexibility index (Phi) is 7.81. The number of fused-ring (bicyclic) bond motifs is 1. The van der Waals surface area contributed by atoms with E-state index in [9.17, 15) is 0 Å². The molecule has 1 aromatic carbocycles. The minimum absolute atomic E-state index is 1.11. The second-order valence-electron chi connectivity index (χ2n) is 5.06. The van der Waals surface area contributed by atoms with Crippen LogP contribution in [0, 0.1) is 0 Å². The van der Waals surface area contributed by atoms with Gasteiger partial charge in [0.1, 0.15) is 0 Å². The summed E-state index contributed by atoms with van der Waals surface area (Å²) in [6, 6.07) is 9.55. The molecule has 0 atom stereocenters. The predicted octanol–water partition coefficient (Wildman–Crippen LogP) is 6.57. The molecule has 0 aliphatic carbocycles. The summed E-state index contributed by atoms with van der Waals surface area (Å²) in [6.45, 7) is 4.56. The molecule has 0 N–H and O–H groups in total. The molecule has 0 saturated heterocycles. The lowest BCUT2D eigenvalue weighted by molar-refractivity contribution is 0.403. The molecule has 0 fully saturated rings. The van der Waals surface area contributed by atoms with Gasteiger partial charge in [-0.15, -0.1) is 11.3 Å². The van der Waals surface area contributed by atoms with Crippen molar-refractivity contribution in [2.24, 2.45) is 0 Å². The number of para-hydroxylation sites is 1. The fraction of sp³-hybridized carbons (Fsp3) is 0.462. The average Bonchev–Trinajstić information content (AvgIpc) is 2.89. The number of thiazole rings is 1. The summed E-state index contributed by atoms with van der Waals surface area (Å²) in [4.78, 5) is 4.62. The second kappa shape index (κ2) is 9.10. The first-order chi connectivity index (χ1) is 10.1. The minimum Gasteiger partial charge on any atom is -0.420 e. The van der Waals surface area contributed by atoms with E-state index in [0.717, 1.165) is 9.86 Å². The van der Waals surface area contributed by atoms with E-state index in [1.165, 1.54) is 22.9 Å². The Hall–Kier alpha value is 0.687. The van der Waals surface area contributed by atoms with Gasteiger partial charge in [-0.25, -0.2) is 4.98 Å². The van der Waals surface area contributed by atoms with Crippen molar-refractivity contribution >= 4 is 71.1 Å². The van der Waals surface area contributed by atoms with Crippen LogP contribution in [0.15, 0.2) is 28.6 Å². The van der Waals surface area contributed by atoms with Crippen molar-refractivity contribution in [3.63, 3.8) is 0 Å². The monoisotopic (exact) mass is 393 g/mol. The van der Waals surface area contributed by atoms with Gasteiger partial charge >= 0.3 is 0 Å². The van der Waals surface area contributed by atoms with Crippen molar-refractivity contribution in [2.45, 2.75) is 29.9 Å². The van der Waals surface area contributed by atoms with Crippen LogP contribution >= 0.6 is 52.6 Å². The Morgan fingerprint density at radius 1 is 1.24 bits per heavy atom. The molecule has 0 spiro atoms. The Morgan fingerprint density at radius 2 is 2.05 bits per heavy atom. The molecule has 116 valence electrons. The van der Waals surface area contributed by atoms with Crippen LogP contribution in [0.3, 0.4) is 0 Å². The van der Waals surface area contributed by atoms with Gasteiger partial charge in [-0.2, -0.15) is 0 Å². The first-order valence-corrected chi connectivity index (χ1v) is 15.6. The van der Waals surface area contributed by atoms with Crippen molar-refractivity contribution in [1.29, 1.82) is 0 Å². The number of rotatable bonds is 9. The van der Waals surface area contributed by atoms with Crippen LogP contribution in [0.1, 0.15) is 6.42 Å². The van der Waals surface area contributed by atoms with Crippen molar-refractivity contribution < 1.29 is 4.43 Å². The number of hydrogen-bond donors (Lipinski definition) is 0. The van der Waals surface area contributed by atoms with Crippen molar-refractivity contribution in [2.75, 3.05) is 12.9 Å². The lowest BCUT2D eigenvalue weighted by Gasteiger charge is -2.19. The maximum Gasteiger partial charge on any atom is 0.186 e. The zero-order valence-electron chi connectivity index (χ0n) is 12.3. The van der Waals surface area contributed by atoms with Crippen LogP contribution in [0.5, 0.6) is 0 Å². The largest absolute Gasteiger partial charge is 0.420 e. The second-order valence-corrected chi connectivity index (χ2v) is 16.7. The summed E-state index contributed by atoms with van der Waals surface area (Å²) in [5.74, 6) is 1.19.